The minimum absolute atomic E-state index is 0.277. The van der Waals surface area contributed by atoms with Crippen molar-refractivity contribution in [3.05, 3.63) is 36.2 Å². The Kier molecular flexibility index (Phi) is 4.29. The Hall–Kier alpha value is -2.02. The van der Waals surface area contributed by atoms with E-state index >= 15 is 0 Å². The summed E-state index contributed by atoms with van der Waals surface area (Å²) < 4.78 is 45.1. The maximum Gasteiger partial charge on any atom is 0.573 e. The lowest BCUT2D eigenvalue weighted by molar-refractivity contribution is -0.274. The molecule has 0 saturated heterocycles. The highest BCUT2D eigenvalue weighted by molar-refractivity contribution is 5.54. The second-order valence-electron chi connectivity index (χ2n) is 4.00. The maximum absolute atomic E-state index is 12.0. The molecule has 1 N–H and O–H groups in total. The predicted molar refractivity (Wildman–Crippen MR) is 66.0 cm³/mol. The molecule has 1 aromatic carbocycles. The van der Waals surface area contributed by atoms with Gasteiger partial charge in [0.1, 0.15) is 12.0 Å². The Morgan fingerprint density at radius 2 is 1.95 bits per heavy atom. The molecule has 0 saturated carbocycles. The number of hydrogen-bond acceptors (Lipinski definition) is 4. The Balaban J connectivity index is 2.07. The van der Waals surface area contributed by atoms with E-state index in [-0.39, 0.29) is 5.75 Å². The highest BCUT2D eigenvalue weighted by Crippen LogP contribution is 2.26. The first-order chi connectivity index (χ1) is 9.48. The van der Waals surface area contributed by atoms with Gasteiger partial charge >= 0.3 is 6.36 Å². The third kappa shape index (κ3) is 3.99. The van der Waals surface area contributed by atoms with Crippen molar-refractivity contribution in [3.8, 4) is 17.2 Å². The van der Waals surface area contributed by atoms with Crippen molar-refractivity contribution < 1.29 is 22.3 Å². The highest BCUT2D eigenvalue weighted by atomic mass is 19.4. The van der Waals surface area contributed by atoms with Gasteiger partial charge in [-0.2, -0.15) is 0 Å². The number of nitrogens with zero attached hydrogens (tertiary/aromatic N) is 1. The number of alkyl halides is 3. The van der Waals surface area contributed by atoms with Gasteiger partial charge in [-0.25, -0.2) is 4.98 Å². The third-order valence-electron chi connectivity index (χ3n) is 2.44. The summed E-state index contributed by atoms with van der Waals surface area (Å²) in [6.45, 7) is 3.36. The van der Waals surface area contributed by atoms with Crippen LogP contribution in [0.15, 0.2) is 34.9 Å². The molecule has 0 fully saturated rings. The highest BCUT2D eigenvalue weighted by Gasteiger charge is 2.31. The molecule has 1 heterocycles. The lowest BCUT2D eigenvalue weighted by Crippen LogP contribution is -2.16. The molecule has 0 bridgehead atoms. The van der Waals surface area contributed by atoms with Crippen LogP contribution in [0.1, 0.15) is 12.6 Å². The fourth-order valence-corrected chi connectivity index (χ4v) is 1.57. The number of nitrogens with one attached hydrogen (secondary N) is 1. The largest absolute Gasteiger partial charge is 0.573 e. The van der Waals surface area contributed by atoms with Crippen LogP contribution in [0.2, 0.25) is 0 Å². The second-order valence-corrected chi connectivity index (χ2v) is 4.00. The van der Waals surface area contributed by atoms with Crippen LogP contribution >= 0.6 is 0 Å². The number of oxazole rings is 1. The standard InChI is InChI=1S/C13H13F3N2O2/c1-2-17-7-10-8-19-12(18-10)9-3-5-11(6-4-9)20-13(14,15)16/h3-6,8,17H,2,7H2,1H3. The first kappa shape index (κ1) is 14.4. The molecule has 2 aromatic rings. The average molecular weight is 286 g/mol. The number of ether oxygens (including phenoxy) is 1. The minimum Gasteiger partial charge on any atom is -0.444 e. The average Bonchev–Trinajstić information content (AvgIpc) is 2.84. The van der Waals surface area contributed by atoms with E-state index < -0.39 is 6.36 Å². The van der Waals surface area contributed by atoms with Crippen molar-refractivity contribution in [3.63, 3.8) is 0 Å². The summed E-state index contributed by atoms with van der Waals surface area (Å²) in [5.74, 6) is 0.0807. The van der Waals surface area contributed by atoms with Gasteiger partial charge in [0.05, 0.1) is 5.69 Å². The Bertz CT molecular complexity index is 549. The van der Waals surface area contributed by atoms with Crippen LogP contribution in [-0.2, 0) is 6.54 Å². The van der Waals surface area contributed by atoms with Crippen LogP contribution in [0, 0.1) is 0 Å². The second kappa shape index (κ2) is 5.96. The lowest BCUT2D eigenvalue weighted by Gasteiger charge is -2.08. The SMILES string of the molecule is CCNCc1coc(-c2ccc(OC(F)(F)F)cc2)n1. The summed E-state index contributed by atoms with van der Waals surface area (Å²) >= 11 is 0. The van der Waals surface area contributed by atoms with Gasteiger partial charge < -0.3 is 14.5 Å². The Labute approximate surface area is 113 Å². The molecule has 0 amide bonds. The zero-order valence-corrected chi connectivity index (χ0v) is 10.7. The molecule has 0 unspecified atom stereocenters. The van der Waals surface area contributed by atoms with Crippen molar-refractivity contribution >= 4 is 0 Å². The molecular formula is C13H13F3N2O2. The maximum atomic E-state index is 12.0. The van der Waals surface area contributed by atoms with E-state index in [1.54, 1.807) is 0 Å². The van der Waals surface area contributed by atoms with E-state index in [1.807, 2.05) is 6.92 Å². The van der Waals surface area contributed by atoms with E-state index in [2.05, 4.69) is 15.0 Å². The van der Waals surface area contributed by atoms with Crippen molar-refractivity contribution in [2.45, 2.75) is 19.8 Å². The van der Waals surface area contributed by atoms with E-state index in [4.69, 9.17) is 4.42 Å². The Morgan fingerprint density at radius 3 is 2.55 bits per heavy atom. The van der Waals surface area contributed by atoms with Crippen LogP contribution in [0.4, 0.5) is 13.2 Å². The van der Waals surface area contributed by atoms with E-state index in [9.17, 15) is 13.2 Å². The third-order valence-corrected chi connectivity index (χ3v) is 2.44. The van der Waals surface area contributed by atoms with Gasteiger partial charge in [0.2, 0.25) is 5.89 Å². The smallest absolute Gasteiger partial charge is 0.444 e. The summed E-state index contributed by atoms with van der Waals surface area (Å²) in [7, 11) is 0. The molecule has 7 heteroatoms. The van der Waals surface area contributed by atoms with E-state index in [0.29, 0.717) is 18.0 Å². The van der Waals surface area contributed by atoms with Crippen LogP contribution in [-0.4, -0.2) is 17.9 Å². The molecule has 0 aliphatic carbocycles. The van der Waals surface area contributed by atoms with Gasteiger partial charge in [0, 0.05) is 12.1 Å². The summed E-state index contributed by atoms with van der Waals surface area (Å²) in [5.41, 5.74) is 1.32. The summed E-state index contributed by atoms with van der Waals surface area (Å²) in [6, 6.07) is 5.36. The van der Waals surface area contributed by atoms with Crippen molar-refractivity contribution in [2.24, 2.45) is 0 Å². The predicted octanol–water partition coefficient (Wildman–Crippen LogP) is 3.35. The molecule has 0 spiro atoms. The Morgan fingerprint density at radius 1 is 1.25 bits per heavy atom. The van der Waals surface area contributed by atoms with Gasteiger partial charge in [0.25, 0.3) is 0 Å². The number of aromatic nitrogens is 1. The van der Waals surface area contributed by atoms with Crippen LogP contribution in [0.5, 0.6) is 5.75 Å². The fraction of sp³-hybridized carbons (Fsp3) is 0.308. The van der Waals surface area contributed by atoms with Crippen LogP contribution in [0.25, 0.3) is 11.5 Å². The fourth-order valence-electron chi connectivity index (χ4n) is 1.57. The van der Waals surface area contributed by atoms with Crippen LogP contribution < -0.4 is 10.1 Å². The summed E-state index contributed by atoms with van der Waals surface area (Å²) in [6.07, 6.45) is -3.18. The molecule has 1 aromatic heterocycles. The van der Waals surface area contributed by atoms with Crippen molar-refractivity contribution in [1.82, 2.24) is 10.3 Å². The number of rotatable bonds is 5. The van der Waals surface area contributed by atoms with Crippen molar-refractivity contribution in [1.29, 1.82) is 0 Å². The normalized spacial score (nSPS) is 11.6. The first-order valence-corrected chi connectivity index (χ1v) is 5.99. The van der Waals surface area contributed by atoms with Gasteiger partial charge in [-0.15, -0.1) is 13.2 Å². The first-order valence-electron chi connectivity index (χ1n) is 5.99. The molecule has 2 rings (SSSR count). The van der Waals surface area contributed by atoms with Gasteiger partial charge in [0.15, 0.2) is 0 Å². The van der Waals surface area contributed by atoms with Gasteiger partial charge in [-0.1, -0.05) is 6.92 Å². The van der Waals surface area contributed by atoms with Gasteiger partial charge in [-0.3, -0.25) is 0 Å². The van der Waals surface area contributed by atoms with Crippen molar-refractivity contribution in [2.75, 3.05) is 6.54 Å². The number of hydrogen-bond donors (Lipinski definition) is 1. The van der Waals surface area contributed by atoms with Crippen LogP contribution in [0.3, 0.4) is 0 Å². The summed E-state index contributed by atoms with van der Waals surface area (Å²) in [4.78, 5) is 4.23. The molecular weight excluding hydrogens is 273 g/mol. The molecule has 0 aliphatic rings. The van der Waals surface area contributed by atoms with E-state index in [1.165, 1.54) is 30.5 Å². The van der Waals surface area contributed by atoms with E-state index in [0.717, 1.165) is 12.2 Å². The van der Waals surface area contributed by atoms with Gasteiger partial charge in [-0.05, 0) is 30.8 Å². The topological polar surface area (TPSA) is 47.3 Å². The molecule has 0 aliphatic heterocycles. The molecule has 108 valence electrons. The lowest BCUT2D eigenvalue weighted by atomic mass is 10.2. The minimum atomic E-state index is -4.69. The zero-order chi connectivity index (χ0) is 14.6. The molecule has 4 nitrogen and oxygen atoms in total. The molecule has 20 heavy (non-hydrogen) atoms. The molecule has 0 radical (unpaired) electrons. The molecule has 0 atom stereocenters. The number of halogens is 3. The quantitative estimate of drug-likeness (QED) is 0.915. The number of benzene rings is 1. The summed E-state index contributed by atoms with van der Waals surface area (Å²) in [5, 5.41) is 3.10. The monoisotopic (exact) mass is 286 g/mol. The zero-order valence-electron chi connectivity index (χ0n) is 10.7.